The Hall–Kier alpha value is -4.14. The van der Waals surface area contributed by atoms with Crippen LogP contribution in [0.5, 0.6) is 5.75 Å². The van der Waals surface area contributed by atoms with Crippen molar-refractivity contribution in [3.8, 4) is 5.75 Å². The first kappa shape index (κ1) is 23.5. The highest BCUT2D eigenvalue weighted by molar-refractivity contribution is 5.85. The second kappa shape index (κ2) is 10.9. The number of hydrogen-bond donors (Lipinski definition) is 1. The van der Waals surface area contributed by atoms with Crippen LogP contribution in [0.2, 0.25) is 0 Å². The maximum Gasteiger partial charge on any atom is 0.308 e. The number of para-hydroxylation sites is 2. The molecule has 0 aliphatic heterocycles. The van der Waals surface area contributed by atoms with Gasteiger partial charge in [-0.05, 0) is 40.6 Å². The number of ether oxygens (including phenoxy) is 2. The molecule has 172 valence electrons. The van der Waals surface area contributed by atoms with E-state index < -0.39 is 10.9 Å². The minimum Gasteiger partial charge on any atom is -0.497 e. The number of anilines is 1. The quantitative estimate of drug-likeness (QED) is 0.284. The molecule has 0 saturated carbocycles. The number of carbonyl (C=O) groups excluding carboxylic acids is 2. The summed E-state index contributed by atoms with van der Waals surface area (Å²) in [6, 6.07) is 17.8. The number of nitro groups is 1. The van der Waals surface area contributed by atoms with Crippen molar-refractivity contribution in [1.29, 1.82) is 0 Å². The normalized spacial score (nSPS) is 10.5. The molecule has 0 spiro atoms. The summed E-state index contributed by atoms with van der Waals surface area (Å²) in [6.07, 6.45) is -0.0306. The lowest BCUT2D eigenvalue weighted by Gasteiger charge is -2.17. The first-order chi connectivity index (χ1) is 15.9. The van der Waals surface area contributed by atoms with Crippen LogP contribution in [-0.4, -0.2) is 49.0 Å². The van der Waals surface area contributed by atoms with Gasteiger partial charge in [0.2, 0.25) is 0 Å². The van der Waals surface area contributed by atoms with Gasteiger partial charge in [-0.2, -0.15) is 0 Å². The lowest BCUT2D eigenvalue weighted by atomic mass is 10.1. The number of esters is 1. The molecule has 0 unspecified atom stereocenters. The molecule has 0 atom stereocenters. The Morgan fingerprint density at radius 1 is 1.06 bits per heavy atom. The Labute approximate surface area is 191 Å². The van der Waals surface area contributed by atoms with Gasteiger partial charge in [-0.15, -0.1) is 0 Å². The highest BCUT2D eigenvalue weighted by Gasteiger charge is 2.15. The first-order valence-corrected chi connectivity index (χ1v) is 10.3. The second-order valence-corrected chi connectivity index (χ2v) is 7.41. The van der Waals surface area contributed by atoms with Gasteiger partial charge in [-0.25, -0.2) is 0 Å². The van der Waals surface area contributed by atoms with E-state index in [2.05, 4.69) is 5.32 Å². The Morgan fingerprint density at radius 3 is 2.55 bits per heavy atom. The molecule has 3 rings (SSSR count). The molecule has 0 aliphatic carbocycles. The molecule has 0 fully saturated rings. The molecule has 9 nitrogen and oxygen atoms in total. The van der Waals surface area contributed by atoms with Crippen LogP contribution in [0.1, 0.15) is 12.0 Å². The second-order valence-electron chi connectivity index (χ2n) is 7.41. The number of benzene rings is 3. The number of nitrogens with zero attached hydrogens (tertiary/aromatic N) is 2. The molecule has 1 N–H and O–H groups in total. The van der Waals surface area contributed by atoms with Crippen molar-refractivity contribution in [2.45, 2.75) is 13.0 Å². The van der Waals surface area contributed by atoms with E-state index in [1.807, 2.05) is 36.4 Å². The first-order valence-electron chi connectivity index (χ1n) is 10.3. The van der Waals surface area contributed by atoms with E-state index in [-0.39, 0.29) is 31.2 Å². The van der Waals surface area contributed by atoms with E-state index in [0.717, 1.165) is 22.1 Å². The topological polar surface area (TPSA) is 111 Å². The monoisotopic (exact) mass is 451 g/mol. The summed E-state index contributed by atoms with van der Waals surface area (Å²) in [5.41, 5.74) is 1.19. The number of likely N-dealkylation sites (N-methyl/N-ethyl adjacent to an activating group) is 1. The smallest absolute Gasteiger partial charge is 0.308 e. The lowest BCUT2D eigenvalue weighted by Crippen LogP contribution is -2.31. The zero-order valence-electron chi connectivity index (χ0n) is 18.4. The molecule has 9 heteroatoms. The predicted octanol–water partition coefficient (Wildman–Crippen LogP) is 3.76. The van der Waals surface area contributed by atoms with Gasteiger partial charge in [-0.1, -0.05) is 30.3 Å². The fourth-order valence-corrected chi connectivity index (χ4v) is 3.27. The molecule has 0 radical (unpaired) electrons. The van der Waals surface area contributed by atoms with Gasteiger partial charge in [0.15, 0.2) is 6.61 Å². The molecule has 0 bridgehead atoms. The van der Waals surface area contributed by atoms with E-state index >= 15 is 0 Å². The summed E-state index contributed by atoms with van der Waals surface area (Å²) in [5, 5.41) is 15.9. The van der Waals surface area contributed by atoms with Crippen molar-refractivity contribution in [3.05, 3.63) is 76.3 Å². The maximum absolute atomic E-state index is 12.4. The third kappa shape index (κ3) is 6.42. The van der Waals surface area contributed by atoms with E-state index in [0.29, 0.717) is 12.2 Å². The van der Waals surface area contributed by atoms with Crippen molar-refractivity contribution in [2.24, 2.45) is 0 Å². The van der Waals surface area contributed by atoms with E-state index in [4.69, 9.17) is 9.47 Å². The van der Waals surface area contributed by atoms with Crippen LogP contribution < -0.4 is 10.1 Å². The zero-order valence-corrected chi connectivity index (χ0v) is 18.4. The minimum atomic E-state index is -0.567. The number of rotatable bonds is 10. The van der Waals surface area contributed by atoms with Gasteiger partial charge in [-0.3, -0.25) is 19.7 Å². The SMILES string of the molecule is COc1ccc2cc(CN(C)C(=O)COC(=O)CCNc3ccccc3[N+](=O)[O-])ccc2c1. The third-order valence-electron chi connectivity index (χ3n) is 5.06. The number of methoxy groups -OCH3 is 1. The molecule has 33 heavy (non-hydrogen) atoms. The van der Waals surface area contributed by atoms with Crippen molar-refractivity contribution in [1.82, 2.24) is 4.90 Å². The van der Waals surface area contributed by atoms with Crippen LogP contribution in [0.15, 0.2) is 60.7 Å². The predicted molar refractivity (Wildman–Crippen MR) is 124 cm³/mol. The van der Waals surface area contributed by atoms with E-state index in [1.165, 1.54) is 11.0 Å². The number of fused-ring (bicyclic) bond motifs is 1. The summed E-state index contributed by atoms with van der Waals surface area (Å²) >= 11 is 0. The Morgan fingerprint density at radius 2 is 1.79 bits per heavy atom. The number of amides is 1. The molecule has 0 heterocycles. The van der Waals surface area contributed by atoms with Crippen LogP contribution >= 0.6 is 0 Å². The highest BCUT2D eigenvalue weighted by atomic mass is 16.6. The molecule has 0 aliphatic rings. The van der Waals surface area contributed by atoms with Crippen molar-refractivity contribution in [2.75, 3.05) is 32.6 Å². The fraction of sp³-hybridized carbons (Fsp3) is 0.250. The van der Waals surface area contributed by atoms with Gasteiger partial charge in [0.25, 0.3) is 11.6 Å². The average molecular weight is 451 g/mol. The molecule has 0 saturated heterocycles. The van der Waals surface area contributed by atoms with Gasteiger partial charge in [0.1, 0.15) is 11.4 Å². The van der Waals surface area contributed by atoms with Crippen LogP contribution in [0.3, 0.4) is 0 Å². The van der Waals surface area contributed by atoms with Crippen LogP contribution in [0.4, 0.5) is 11.4 Å². The van der Waals surface area contributed by atoms with Gasteiger partial charge >= 0.3 is 5.97 Å². The maximum atomic E-state index is 12.4. The van der Waals surface area contributed by atoms with E-state index in [9.17, 15) is 19.7 Å². The molecule has 3 aromatic carbocycles. The van der Waals surface area contributed by atoms with Crippen molar-refractivity contribution in [3.63, 3.8) is 0 Å². The number of nitro benzene ring substituents is 1. The number of hydrogen-bond acceptors (Lipinski definition) is 7. The summed E-state index contributed by atoms with van der Waals surface area (Å²) in [6.45, 7) is 0.152. The molecule has 3 aromatic rings. The largest absolute Gasteiger partial charge is 0.497 e. The van der Waals surface area contributed by atoms with Crippen LogP contribution in [-0.2, 0) is 20.9 Å². The number of nitrogens with one attached hydrogen (secondary N) is 1. The van der Waals surface area contributed by atoms with Gasteiger partial charge < -0.3 is 19.7 Å². The lowest BCUT2D eigenvalue weighted by molar-refractivity contribution is -0.384. The summed E-state index contributed by atoms with van der Waals surface area (Å²) < 4.78 is 10.3. The van der Waals surface area contributed by atoms with Crippen molar-refractivity contribution >= 4 is 34.0 Å². The summed E-state index contributed by atoms with van der Waals surface area (Å²) in [7, 11) is 3.26. The van der Waals surface area contributed by atoms with E-state index in [1.54, 1.807) is 32.4 Å². The highest BCUT2D eigenvalue weighted by Crippen LogP contribution is 2.23. The molecule has 1 amide bonds. The molecular weight excluding hydrogens is 426 g/mol. The van der Waals surface area contributed by atoms with Crippen LogP contribution in [0.25, 0.3) is 10.8 Å². The van der Waals surface area contributed by atoms with Crippen LogP contribution in [0, 0.1) is 10.1 Å². The Kier molecular flexibility index (Phi) is 7.80. The Bertz CT molecular complexity index is 1160. The van der Waals surface area contributed by atoms with Gasteiger partial charge in [0.05, 0.1) is 18.5 Å². The Balaban J connectivity index is 1.45. The minimum absolute atomic E-state index is 0.0306. The number of carbonyl (C=O) groups is 2. The summed E-state index contributed by atoms with van der Waals surface area (Å²) in [5.74, 6) is -0.117. The standard InChI is InChI=1S/C24H25N3O6/c1-26(15-17-7-8-19-14-20(32-2)10-9-18(19)13-17)23(28)16-33-24(29)11-12-25-21-5-3-4-6-22(21)27(30)31/h3-10,13-14,25H,11-12,15-16H2,1-2H3. The summed E-state index contributed by atoms with van der Waals surface area (Å²) in [4.78, 5) is 36.3. The average Bonchev–Trinajstić information content (AvgIpc) is 2.82. The fourth-order valence-electron chi connectivity index (χ4n) is 3.27. The molecule has 0 aromatic heterocycles. The molecular formula is C24H25N3O6. The zero-order chi connectivity index (χ0) is 23.8. The van der Waals surface area contributed by atoms with Crippen molar-refractivity contribution < 1.29 is 24.0 Å². The van der Waals surface area contributed by atoms with Gasteiger partial charge in [0, 0.05) is 26.2 Å². The third-order valence-corrected chi connectivity index (χ3v) is 5.06.